The molecule has 1 aliphatic heterocycles. The van der Waals surface area contributed by atoms with Crippen LogP contribution in [-0.4, -0.2) is 41.8 Å². The van der Waals surface area contributed by atoms with Crippen molar-refractivity contribution in [3.8, 4) is 0 Å². The summed E-state index contributed by atoms with van der Waals surface area (Å²) >= 11 is 0. The fraction of sp³-hybridized carbons (Fsp3) is 0.600. The molecule has 18 heavy (non-hydrogen) atoms. The SMILES string of the molecule is Cc1nccnc1S(=O)(=O)N1CCCC(N)C1.Cl. The standard InChI is InChI=1S/C10H16N4O2S.ClH/c1-8-10(13-5-4-12-8)17(15,16)14-6-2-3-9(11)7-14;/h4-5,9H,2-3,6-7,11H2,1H3;1H. The fourth-order valence-electron chi connectivity index (χ4n) is 1.96. The normalized spacial score (nSPS) is 21.3. The van der Waals surface area contributed by atoms with E-state index in [1.165, 1.54) is 16.7 Å². The molecular weight excluding hydrogens is 276 g/mol. The Kier molecular flexibility index (Phi) is 5.03. The van der Waals surface area contributed by atoms with Gasteiger partial charge in [-0.2, -0.15) is 4.31 Å². The van der Waals surface area contributed by atoms with Crippen molar-refractivity contribution in [2.45, 2.75) is 30.8 Å². The fourth-order valence-corrected chi connectivity index (χ4v) is 3.58. The maximum atomic E-state index is 12.3. The third kappa shape index (κ3) is 2.97. The molecule has 102 valence electrons. The number of nitrogens with zero attached hydrogens (tertiary/aromatic N) is 3. The van der Waals surface area contributed by atoms with Crippen molar-refractivity contribution in [2.75, 3.05) is 13.1 Å². The van der Waals surface area contributed by atoms with Crippen molar-refractivity contribution >= 4 is 22.4 Å². The first-order valence-corrected chi connectivity index (χ1v) is 6.99. The van der Waals surface area contributed by atoms with Crippen molar-refractivity contribution in [1.82, 2.24) is 14.3 Å². The Bertz CT molecular complexity index is 508. The third-order valence-electron chi connectivity index (χ3n) is 2.84. The predicted octanol–water partition coefficient (Wildman–Crippen LogP) is 0.319. The highest BCUT2D eigenvalue weighted by atomic mass is 35.5. The van der Waals surface area contributed by atoms with Gasteiger partial charge in [0.1, 0.15) is 0 Å². The Morgan fingerprint density at radius 1 is 1.39 bits per heavy atom. The zero-order valence-corrected chi connectivity index (χ0v) is 11.7. The molecular formula is C10H17ClN4O2S. The van der Waals surface area contributed by atoms with Gasteiger partial charge in [0.15, 0.2) is 5.03 Å². The number of sulfonamides is 1. The number of rotatable bonds is 2. The molecule has 2 rings (SSSR count). The van der Waals surface area contributed by atoms with E-state index in [1.807, 2.05) is 0 Å². The summed E-state index contributed by atoms with van der Waals surface area (Å²) in [6.07, 6.45) is 4.53. The maximum Gasteiger partial charge on any atom is 0.262 e. The van der Waals surface area contributed by atoms with Crippen molar-refractivity contribution in [1.29, 1.82) is 0 Å². The number of nitrogens with two attached hydrogens (primary N) is 1. The highest BCUT2D eigenvalue weighted by Gasteiger charge is 2.31. The van der Waals surface area contributed by atoms with Crippen LogP contribution >= 0.6 is 12.4 Å². The molecule has 1 fully saturated rings. The Hall–Kier alpha value is -0.760. The van der Waals surface area contributed by atoms with E-state index in [0.717, 1.165) is 12.8 Å². The number of piperidine rings is 1. The molecule has 1 unspecified atom stereocenters. The summed E-state index contributed by atoms with van der Waals surface area (Å²) < 4.78 is 26.0. The Morgan fingerprint density at radius 2 is 2.06 bits per heavy atom. The third-order valence-corrected chi connectivity index (χ3v) is 4.74. The van der Waals surface area contributed by atoms with E-state index in [2.05, 4.69) is 9.97 Å². The van der Waals surface area contributed by atoms with Crippen LogP contribution in [-0.2, 0) is 10.0 Å². The van der Waals surface area contributed by atoms with Gasteiger partial charge in [0.25, 0.3) is 10.0 Å². The van der Waals surface area contributed by atoms with E-state index in [-0.39, 0.29) is 23.5 Å². The zero-order valence-electron chi connectivity index (χ0n) is 10.1. The van der Waals surface area contributed by atoms with Crippen LogP contribution in [0.2, 0.25) is 0 Å². The average Bonchev–Trinajstić information content (AvgIpc) is 2.29. The number of aryl methyl sites for hydroxylation is 1. The van der Waals surface area contributed by atoms with E-state index in [0.29, 0.717) is 18.8 Å². The Labute approximate surface area is 113 Å². The first kappa shape index (κ1) is 15.3. The summed E-state index contributed by atoms with van der Waals surface area (Å²) in [6.45, 7) is 2.51. The molecule has 1 aromatic heterocycles. The lowest BCUT2D eigenvalue weighted by Crippen LogP contribution is -2.46. The monoisotopic (exact) mass is 292 g/mol. The lowest BCUT2D eigenvalue weighted by atomic mass is 10.1. The van der Waals surface area contributed by atoms with Gasteiger partial charge in [-0.25, -0.2) is 13.4 Å². The quantitative estimate of drug-likeness (QED) is 0.848. The van der Waals surface area contributed by atoms with Gasteiger partial charge >= 0.3 is 0 Å². The van der Waals surface area contributed by atoms with Crippen LogP contribution in [0.15, 0.2) is 17.4 Å². The Balaban J connectivity index is 0.00000162. The molecule has 1 aliphatic rings. The second kappa shape index (κ2) is 5.92. The molecule has 1 atom stereocenters. The number of hydrogen-bond donors (Lipinski definition) is 1. The van der Waals surface area contributed by atoms with Gasteiger partial charge in [-0.05, 0) is 19.8 Å². The molecule has 0 saturated carbocycles. The summed E-state index contributed by atoms with van der Waals surface area (Å²) in [5.74, 6) is 0. The smallest absolute Gasteiger partial charge is 0.262 e. The number of aromatic nitrogens is 2. The molecule has 0 bridgehead atoms. The molecule has 0 aliphatic carbocycles. The maximum absolute atomic E-state index is 12.3. The van der Waals surface area contributed by atoms with Crippen LogP contribution < -0.4 is 5.73 Å². The second-order valence-electron chi connectivity index (χ2n) is 4.21. The molecule has 0 spiro atoms. The largest absolute Gasteiger partial charge is 0.327 e. The van der Waals surface area contributed by atoms with Crippen molar-refractivity contribution in [3.63, 3.8) is 0 Å². The van der Waals surface area contributed by atoms with Gasteiger partial charge in [-0.1, -0.05) is 0 Å². The van der Waals surface area contributed by atoms with Gasteiger partial charge in [0.05, 0.1) is 5.69 Å². The number of halogens is 1. The van der Waals surface area contributed by atoms with Gasteiger partial charge < -0.3 is 5.73 Å². The van der Waals surface area contributed by atoms with E-state index in [1.54, 1.807) is 6.92 Å². The van der Waals surface area contributed by atoms with Crippen molar-refractivity contribution < 1.29 is 8.42 Å². The molecule has 0 aromatic carbocycles. The van der Waals surface area contributed by atoms with Gasteiger partial charge in [0.2, 0.25) is 0 Å². The van der Waals surface area contributed by atoms with Crippen LogP contribution in [0.1, 0.15) is 18.5 Å². The van der Waals surface area contributed by atoms with Crippen LogP contribution in [0, 0.1) is 6.92 Å². The van der Waals surface area contributed by atoms with Gasteiger partial charge in [-0.3, -0.25) is 4.98 Å². The lowest BCUT2D eigenvalue weighted by Gasteiger charge is -2.29. The van der Waals surface area contributed by atoms with E-state index in [4.69, 9.17) is 5.73 Å². The van der Waals surface area contributed by atoms with E-state index < -0.39 is 10.0 Å². The molecule has 0 radical (unpaired) electrons. The van der Waals surface area contributed by atoms with E-state index >= 15 is 0 Å². The number of hydrogen-bond acceptors (Lipinski definition) is 5. The minimum Gasteiger partial charge on any atom is -0.327 e. The molecule has 1 saturated heterocycles. The minimum absolute atomic E-state index is 0. The highest BCUT2D eigenvalue weighted by molar-refractivity contribution is 7.89. The molecule has 0 amide bonds. The lowest BCUT2D eigenvalue weighted by molar-refractivity contribution is 0.315. The average molecular weight is 293 g/mol. The van der Waals surface area contributed by atoms with Crippen LogP contribution in [0.3, 0.4) is 0 Å². The summed E-state index contributed by atoms with van der Waals surface area (Å²) in [7, 11) is -3.55. The molecule has 8 heteroatoms. The summed E-state index contributed by atoms with van der Waals surface area (Å²) in [5, 5.41) is 0.0362. The first-order chi connectivity index (χ1) is 8.01. The molecule has 1 aromatic rings. The van der Waals surface area contributed by atoms with Crippen LogP contribution in [0.4, 0.5) is 0 Å². The van der Waals surface area contributed by atoms with Crippen LogP contribution in [0.25, 0.3) is 0 Å². The molecule has 6 nitrogen and oxygen atoms in total. The topological polar surface area (TPSA) is 89.2 Å². The van der Waals surface area contributed by atoms with Gasteiger partial charge in [-0.15, -0.1) is 12.4 Å². The second-order valence-corrected chi connectivity index (χ2v) is 6.07. The Morgan fingerprint density at radius 3 is 2.67 bits per heavy atom. The van der Waals surface area contributed by atoms with Crippen LogP contribution in [0.5, 0.6) is 0 Å². The summed E-state index contributed by atoms with van der Waals surface area (Å²) in [6, 6.07) is -0.0875. The molecule has 2 N–H and O–H groups in total. The van der Waals surface area contributed by atoms with E-state index in [9.17, 15) is 8.42 Å². The molecule has 2 heterocycles. The zero-order chi connectivity index (χ0) is 12.5. The van der Waals surface area contributed by atoms with Crippen molar-refractivity contribution in [3.05, 3.63) is 18.1 Å². The minimum atomic E-state index is -3.55. The first-order valence-electron chi connectivity index (χ1n) is 5.55. The summed E-state index contributed by atoms with van der Waals surface area (Å²) in [5.41, 5.74) is 6.22. The highest BCUT2D eigenvalue weighted by Crippen LogP contribution is 2.19. The summed E-state index contributed by atoms with van der Waals surface area (Å²) in [4.78, 5) is 7.88. The van der Waals surface area contributed by atoms with Crippen molar-refractivity contribution in [2.24, 2.45) is 5.73 Å². The predicted molar refractivity (Wildman–Crippen MR) is 70.0 cm³/mol. The van der Waals surface area contributed by atoms with Gasteiger partial charge in [0, 0.05) is 31.5 Å².